The summed E-state index contributed by atoms with van der Waals surface area (Å²) in [6.45, 7) is 0. The molecule has 8 nitrogen and oxygen atoms in total. The van der Waals surface area contributed by atoms with Gasteiger partial charge in [-0.1, -0.05) is 34.1 Å². The highest BCUT2D eigenvalue weighted by atomic mass is 35.5. The van der Waals surface area contributed by atoms with Crippen molar-refractivity contribution in [2.75, 3.05) is 5.32 Å². The first-order valence-electron chi connectivity index (χ1n) is 7.68. The molecule has 0 spiro atoms. The highest BCUT2D eigenvalue weighted by molar-refractivity contribution is 6.30. The Kier molecular flexibility index (Phi) is 4.35. The average molecular weight is 385 g/mol. The Morgan fingerprint density at radius 1 is 1.19 bits per heavy atom. The van der Waals surface area contributed by atoms with Crippen LogP contribution in [0.25, 0.3) is 17.2 Å². The molecule has 0 saturated carbocycles. The van der Waals surface area contributed by atoms with Gasteiger partial charge in [0.25, 0.3) is 0 Å². The van der Waals surface area contributed by atoms with Crippen molar-refractivity contribution in [1.29, 1.82) is 0 Å². The van der Waals surface area contributed by atoms with Crippen LogP contribution >= 0.6 is 11.6 Å². The number of nitrogens with zero attached hydrogens (tertiary/aromatic N) is 5. The van der Waals surface area contributed by atoms with Crippen LogP contribution in [0.4, 0.5) is 10.1 Å². The summed E-state index contributed by atoms with van der Waals surface area (Å²) in [4.78, 5) is 16.1. The Bertz CT molecular complexity index is 1130. The van der Waals surface area contributed by atoms with Gasteiger partial charge in [0.1, 0.15) is 5.82 Å². The van der Waals surface area contributed by atoms with Crippen molar-refractivity contribution in [1.82, 2.24) is 25.1 Å². The van der Waals surface area contributed by atoms with Crippen LogP contribution in [0, 0.1) is 5.82 Å². The highest BCUT2D eigenvalue weighted by Crippen LogP contribution is 2.18. The maximum atomic E-state index is 13.2. The molecule has 0 saturated heterocycles. The topological polar surface area (TPSA) is 98.7 Å². The summed E-state index contributed by atoms with van der Waals surface area (Å²) >= 11 is 5.96. The van der Waals surface area contributed by atoms with Gasteiger partial charge in [0.2, 0.25) is 5.82 Å². The average Bonchev–Trinajstić information content (AvgIpc) is 3.31. The van der Waals surface area contributed by atoms with Crippen molar-refractivity contribution in [3.8, 4) is 17.2 Å². The summed E-state index contributed by atoms with van der Waals surface area (Å²) in [7, 11) is 0. The van der Waals surface area contributed by atoms with Crippen LogP contribution in [0.1, 0.15) is 10.7 Å². The second kappa shape index (κ2) is 6.96. The molecule has 2 aromatic heterocycles. The molecule has 4 rings (SSSR count). The summed E-state index contributed by atoms with van der Waals surface area (Å²) in [5, 5.41) is 14.7. The van der Waals surface area contributed by atoms with E-state index in [9.17, 15) is 9.18 Å². The number of nitrogens with one attached hydrogen (secondary N) is 1. The van der Waals surface area contributed by atoms with Gasteiger partial charge in [0.05, 0.1) is 11.9 Å². The van der Waals surface area contributed by atoms with E-state index in [2.05, 4.69) is 25.8 Å². The first-order chi connectivity index (χ1) is 13.1. The number of halogens is 2. The van der Waals surface area contributed by atoms with Gasteiger partial charge < -0.3 is 9.84 Å². The van der Waals surface area contributed by atoms with Gasteiger partial charge in [-0.2, -0.15) is 4.98 Å². The van der Waals surface area contributed by atoms with E-state index in [0.29, 0.717) is 16.4 Å². The molecule has 0 aliphatic heterocycles. The van der Waals surface area contributed by atoms with Crippen LogP contribution in [-0.4, -0.2) is 31.0 Å². The highest BCUT2D eigenvalue weighted by Gasteiger charge is 2.18. The number of hydrogen-bond acceptors (Lipinski definition) is 6. The number of carbonyl (C=O) groups excluding carboxylic acids is 1. The van der Waals surface area contributed by atoms with E-state index in [1.807, 2.05) is 0 Å². The summed E-state index contributed by atoms with van der Waals surface area (Å²) in [5.41, 5.74) is 1.28. The SMILES string of the molecule is O=C(Nc1cccc(F)c1)c1nc(-c2cn(-c3cccc(Cl)c3)nn2)no1. The molecule has 0 aliphatic rings. The van der Waals surface area contributed by atoms with Gasteiger partial charge in [-0.25, -0.2) is 9.07 Å². The molecule has 1 N–H and O–H groups in total. The number of rotatable bonds is 4. The van der Waals surface area contributed by atoms with Crippen molar-refractivity contribution < 1.29 is 13.7 Å². The van der Waals surface area contributed by atoms with Gasteiger partial charge in [0.15, 0.2) is 5.69 Å². The molecule has 0 aliphatic carbocycles. The van der Waals surface area contributed by atoms with E-state index in [-0.39, 0.29) is 17.4 Å². The van der Waals surface area contributed by atoms with E-state index in [1.165, 1.54) is 28.9 Å². The minimum atomic E-state index is -0.665. The molecule has 0 unspecified atom stereocenters. The number of benzene rings is 2. The molecule has 0 radical (unpaired) electrons. The van der Waals surface area contributed by atoms with Gasteiger partial charge in [0, 0.05) is 10.7 Å². The first-order valence-corrected chi connectivity index (χ1v) is 8.05. The molecule has 4 aromatic rings. The van der Waals surface area contributed by atoms with Gasteiger partial charge in [-0.05, 0) is 36.4 Å². The van der Waals surface area contributed by atoms with Crippen molar-refractivity contribution in [3.63, 3.8) is 0 Å². The number of aromatic nitrogens is 5. The van der Waals surface area contributed by atoms with Crippen molar-refractivity contribution >= 4 is 23.2 Å². The maximum absolute atomic E-state index is 13.2. The predicted molar refractivity (Wildman–Crippen MR) is 94.0 cm³/mol. The van der Waals surface area contributed by atoms with Crippen molar-refractivity contribution in [3.05, 3.63) is 71.5 Å². The molecule has 27 heavy (non-hydrogen) atoms. The predicted octanol–water partition coefficient (Wildman–Crippen LogP) is 3.36. The van der Waals surface area contributed by atoms with Crippen LogP contribution in [-0.2, 0) is 0 Å². The van der Waals surface area contributed by atoms with E-state index in [1.54, 1.807) is 30.5 Å². The standard InChI is InChI=1S/C17H10ClFN6O2/c18-10-3-1-6-13(7-10)25-9-14(22-24-25)15-21-17(27-23-15)16(26)20-12-5-2-4-11(19)8-12/h1-9H,(H,20,26). The molecule has 10 heteroatoms. The van der Waals surface area contributed by atoms with Crippen LogP contribution in [0.5, 0.6) is 0 Å². The normalized spacial score (nSPS) is 10.7. The minimum absolute atomic E-state index is 0.0904. The largest absolute Gasteiger partial charge is 0.328 e. The van der Waals surface area contributed by atoms with Crippen LogP contribution in [0.15, 0.2) is 59.3 Å². The number of anilines is 1. The number of hydrogen-bond donors (Lipinski definition) is 1. The van der Waals surface area contributed by atoms with Crippen LogP contribution in [0.3, 0.4) is 0 Å². The molecule has 0 atom stereocenters. The third-order valence-electron chi connectivity index (χ3n) is 3.50. The zero-order valence-electron chi connectivity index (χ0n) is 13.5. The third-order valence-corrected chi connectivity index (χ3v) is 3.73. The zero-order valence-corrected chi connectivity index (χ0v) is 14.3. The molecular formula is C17H10ClFN6O2. The van der Waals surface area contributed by atoms with Crippen molar-refractivity contribution in [2.24, 2.45) is 0 Å². The lowest BCUT2D eigenvalue weighted by atomic mass is 10.3. The van der Waals surface area contributed by atoms with E-state index in [4.69, 9.17) is 16.1 Å². The Morgan fingerprint density at radius 2 is 2.04 bits per heavy atom. The summed E-state index contributed by atoms with van der Waals surface area (Å²) in [6.07, 6.45) is 1.57. The lowest BCUT2D eigenvalue weighted by molar-refractivity contribution is 0.0981. The Hall–Kier alpha value is -3.59. The van der Waals surface area contributed by atoms with E-state index < -0.39 is 11.7 Å². The molecule has 2 heterocycles. The Labute approximate surface area is 156 Å². The van der Waals surface area contributed by atoms with Crippen LogP contribution in [0.2, 0.25) is 5.02 Å². The second-order valence-electron chi connectivity index (χ2n) is 5.42. The van der Waals surface area contributed by atoms with Crippen molar-refractivity contribution in [2.45, 2.75) is 0 Å². The summed E-state index contributed by atoms with van der Waals surface area (Å²) < 4.78 is 19.6. The lowest BCUT2D eigenvalue weighted by Crippen LogP contribution is -2.12. The molecule has 134 valence electrons. The quantitative estimate of drug-likeness (QED) is 0.579. The zero-order chi connectivity index (χ0) is 18.8. The van der Waals surface area contributed by atoms with Gasteiger partial charge in [-0.3, -0.25) is 4.79 Å². The van der Waals surface area contributed by atoms with Gasteiger partial charge in [-0.15, -0.1) is 5.10 Å². The number of amides is 1. The molecule has 0 fully saturated rings. The fraction of sp³-hybridized carbons (Fsp3) is 0. The lowest BCUT2D eigenvalue weighted by Gasteiger charge is -2.00. The van der Waals surface area contributed by atoms with E-state index >= 15 is 0 Å². The Balaban J connectivity index is 1.53. The Morgan fingerprint density at radius 3 is 2.85 bits per heavy atom. The third kappa shape index (κ3) is 3.67. The summed E-state index contributed by atoms with van der Waals surface area (Å²) in [5.74, 6) is -1.34. The molecular weight excluding hydrogens is 375 g/mol. The van der Waals surface area contributed by atoms with Gasteiger partial charge >= 0.3 is 11.8 Å². The summed E-state index contributed by atoms with van der Waals surface area (Å²) in [6, 6.07) is 12.5. The molecule has 1 amide bonds. The monoisotopic (exact) mass is 384 g/mol. The maximum Gasteiger partial charge on any atom is 0.316 e. The number of carbonyl (C=O) groups is 1. The fourth-order valence-electron chi connectivity index (χ4n) is 2.28. The second-order valence-corrected chi connectivity index (χ2v) is 5.85. The minimum Gasteiger partial charge on any atom is -0.328 e. The molecule has 2 aromatic carbocycles. The molecule has 0 bridgehead atoms. The smallest absolute Gasteiger partial charge is 0.316 e. The van der Waals surface area contributed by atoms with Crippen LogP contribution < -0.4 is 5.32 Å². The first kappa shape index (κ1) is 16.9. The van der Waals surface area contributed by atoms with E-state index in [0.717, 1.165) is 0 Å². The fourth-order valence-corrected chi connectivity index (χ4v) is 2.47.